The van der Waals surface area contributed by atoms with Gasteiger partial charge < -0.3 is 20.3 Å². The van der Waals surface area contributed by atoms with Crippen molar-refractivity contribution in [2.45, 2.75) is 44.3 Å². The van der Waals surface area contributed by atoms with E-state index in [2.05, 4.69) is 5.32 Å². The van der Waals surface area contributed by atoms with Gasteiger partial charge >= 0.3 is 5.97 Å². The van der Waals surface area contributed by atoms with E-state index < -0.39 is 40.9 Å². The molecule has 0 fully saturated rings. The second kappa shape index (κ2) is 9.52. The Bertz CT molecular complexity index is 1340. The van der Waals surface area contributed by atoms with Crippen LogP contribution in [0.25, 0.3) is 0 Å². The Morgan fingerprint density at radius 2 is 1.89 bits per heavy atom. The van der Waals surface area contributed by atoms with Gasteiger partial charge in [-0.3, -0.25) is 4.79 Å². The number of carbonyl (C=O) groups excluding carboxylic acids is 2. The molecule has 1 unspecified atom stereocenters. The standard InChI is InChI=1S/C27H24ClF2NO5/c1-26(2,20-11-16(29)6-9-23(20)32)14-27(35,12-19-21(28)4-3-5-22(19)30)25(34)31-17-7-8-18-15(10-17)13-36-24(18)33/h3-11,32,35H,12-14H2,1-2H3,(H,31,34). The molecule has 0 saturated heterocycles. The molecule has 6 nitrogen and oxygen atoms in total. The number of aliphatic hydroxyl groups is 1. The third-order valence-corrected chi connectivity index (χ3v) is 6.67. The van der Waals surface area contributed by atoms with Crippen LogP contribution >= 0.6 is 11.6 Å². The van der Waals surface area contributed by atoms with E-state index in [4.69, 9.17) is 16.3 Å². The predicted octanol–water partition coefficient (Wildman–Crippen LogP) is 5.27. The molecule has 0 spiro atoms. The summed E-state index contributed by atoms with van der Waals surface area (Å²) in [7, 11) is 0. The SMILES string of the molecule is CC(C)(CC(O)(Cc1c(F)cccc1Cl)C(=O)Nc1ccc2c(c1)COC2=O)c1cc(F)ccc1O. The van der Waals surface area contributed by atoms with Crippen LogP contribution in [0, 0.1) is 11.6 Å². The number of hydrogen-bond acceptors (Lipinski definition) is 5. The van der Waals surface area contributed by atoms with Crippen molar-refractivity contribution in [2.24, 2.45) is 0 Å². The van der Waals surface area contributed by atoms with Crippen LogP contribution in [-0.4, -0.2) is 27.7 Å². The molecule has 9 heteroatoms. The molecule has 1 heterocycles. The number of ether oxygens (including phenoxy) is 1. The van der Waals surface area contributed by atoms with E-state index in [1.54, 1.807) is 19.9 Å². The van der Waals surface area contributed by atoms with Crippen molar-refractivity contribution >= 4 is 29.2 Å². The zero-order chi connectivity index (χ0) is 26.3. The van der Waals surface area contributed by atoms with E-state index in [0.717, 1.165) is 12.1 Å². The van der Waals surface area contributed by atoms with Gasteiger partial charge in [0.1, 0.15) is 29.6 Å². The van der Waals surface area contributed by atoms with E-state index in [9.17, 15) is 28.6 Å². The number of rotatable bonds is 7. The molecular formula is C27H24ClF2NO5. The Morgan fingerprint density at radius 3 is 2.61 bits per heavy atom. The average molecular weight is 516 g/mol. The normalized spacial score (nSPS) is 14.7. The first-order chi connectivity index (χ1) is 16.9. The molecule has 3 aromatic rings. The van der Waals surface area contributed by atoms with Gasteiger partial charge in [0.25, 0.3) is 5.91 Å². The van der Waals surface area contributed by atoms with Crippen molar-refractivity contribution in [3.05, 3.63) is 93.5 Å². The maximum atomic E-state index is 14.7. The molecule has 1 amide bonds. The van der Waals surface area contributed by atoms with Crippen molar-refractivity contribution in [1.82, 2.24) is 0 Å². The lowest BCUT2D eigenvalue weighted by atomic mass is 9.72. The summed E-state index contributed by atoms with van der Waals surface area (Å²) in [4.78, 5) is 25.2. The molecule has 0 aromatic heterocycles. The van der Waals surface area contributed by atoms with E-state index in [1.165, 1.54) is 36.4 Å². The van der Waals surface area contributed by atoms with Crippen LogP contribution in [0.15, 0.2) is 54.6 Å². The number of cyclic esters (lactones) is 1. The average Bonchev–Trinajstić information content (AvgIpc) is 3.17. The van der Waals surface area contributed by atoms with Gasteiger partial charge in [-0.2, -0.15) is 0 Å². The van der Waals surface area contributed by atoms with Gasteiger partial charge in [0.05, 0.1) is 5.56 Å². The summed E-state index contributed by atoms with van der Waals surface area (Å²) in [6.45, 7) is 3.31. The van der Waals surface area contributed by atoms with Crippen molar-refractivity contribution < 1.29 is 33.3 Å². The van der Waals surface area contributed by atoms with E-state index in [-0.39, 0.29) is 34.9 Å². The van der Waals surface area contributed by atoms with Crippen LogP contribution in [0.4, 0.5) is 14.5 Å². The van der Waals surface area contributed by atoms with Crippen LogP contribution in [0.3, 0.4) is 0 Å². The molecule has 1 atom stereocenters. The summed E-state index contributed by atoms with van der Waals surface area (Å²) in [6, 6.07) is 12.0. The highest BCUT2D eigenvalue weighted by molar-refractivity contribution is 6.31. The van der Waals surface area contributed by atoms with Gasteiger partial charge in [-0.15, -0.1) is 0 Å². The fourth-order valence-electron chi connectivity index (χ4n) is 4.55. The lowest BCUT2D eigenvalue weighted by molar-refractivity contribution is -0.136. The molecule has 36 heavy (non-hydrogen) atoms. The Balaban J connectivity index is 1.71. The highest BCUT2D eigenvalue weighted by atomic mass is 35.5. The molecule has 4 rings (SSSR count). The zero-order valence-corrected chi connectivity index (χ0v) is 20.3. The molecule has 3 N–H and O–H groups in total. The predicted molar refractivity (Wildman–Crippen MR) is 130 cm³/mol. The topological polar surface area (TPSA) is 95.9 Å². The summed E-state index contributed by atoms with van der Waals surface area (Å²) >= 11 is 6.19. The number of carbonyl (C=O) groups is 2. The zero-order valence-electron chi connectivity index (χ0n) is 19.6. The molecule has 0 bridgehead atoms. The van der Waals surface area contributed by atoms with Crippen molar-refractivity contribution in [1.29, 1.82) is 0 Å². The third kappa shape index (κ3) is 5.05. The smallest absolute Gasteiger partial charge is 0.338 e. The van der Waals surface area contributed by atoms with Crippen LogP contribution in [0.1, 0.15) is 47.3 Å². The fourth-order valence-corrected chi connectivity index (χ4v) is 4.78. The van der Waals surface area contributed by atoms with Gasteiger partial charge in [0.15, 0.2) is 0 Å². The summed E-state index contributed by atoms with van der Waals surface area (Å²) in [6.07, 6.45) is -0.809. The number of esters is 1. The quantitative estimate of drug-likeness (QED) is 0.372. The van der Waals surface area contributed by atoms with Gasteiger partial charge in [0.2, 0.25) is 0 Å². The number of nitrogens with one attached hydrogen (secondary N) is 1. The first-order valence-electron chi connectivity index (χ1n) is 11.2. The lowest BCUT2D eigenvalue weighted by Crippen LogP contribution is -2.49. The van der Waals surface area contributed by atoms with Crippen LogP contribution in [-0.2, 0) is 28.0 Å². The van der Waals surface area contributed by atoms with E-state index in [1.807, 2.05) is 0 Å². The number of fused-ring (bicyclic) bond motifs is 1. The Morgan fingerprint density at radius 1 is 1.14 bits per heavy atom. The number of phenolic OH excluding ortho intramolecular Hbond substituents is 1. The molecule has 1 aliphatic heterocycles. The molecule has 0 aliphatic carbocycles. The van der Waals surface area contributed by atoms with Crippen LogP contribution in [0.5, 0.6) is 5.75 Å². The largest absolute Gasteiger partial charge is 0.508 e. The fraction of sp³-hybridized carbons (Fsp3) is 0.259. The molecule has 0 saturated carbocycles. The second-order valence-electron chi connectivity index (χ2n) is 9.53. The number of halogens is 3. The maximum absolute atomic E-state index is 14.7. The first kappa shape index (κ1) is 25.6. The van der Waals surface area contributed by atoms with Crippen molar-refractivity contribution in [2.75, 3.05) is 5.32 Å². The minimum absolute atomic E-state index is 0.0285. The van der Waals surface area contributed by atoms with Crippen molar-refractivity contribution in [3.63, 3.8) is 0 Å². The molecule has 188 valence electrons. The lowest BCUT2D eigenvalue weighted by Gasteiger charge is -2.36. The number of aromatic hydroxyl groups is 1. The minimum Gasteiger partial charge on any atom is -0.508 e. The molecule has 1 aliphatic rings. The first-order valence-corrected chi connectivity index (χ1v) is 11.5. The number of amides is 1. The Hall–Kier alpha value is -3.49. The van der Waals surface area contributed by atoms with Gasteiger partial charge in [-0.05, 0) is 60.4 Å². The highest BCUT2D eigenvalue weighted by Gasteiger charge is 2.44. The number of benzene rings is 3. The summed E-state index contributed by atoms with van der Waals surface area (Å²) < 4.78 is 33.6. The van der Waals surface area contributed by atoms with Gasteiger partial charge in [-0.25, -0.2) is 13.6 Å². The minimum atomic E-state index is -2.24. The molecule has 0 radical (unpaired) electrons. The number of hydrogen-bond donors (Lipinski definition) is 3. The maximum Gasteiger partial charge on any atom is 0.338 e. The van der Waals surface area contributed by atoms with Gasteiger partial charge in [0, 0.05) is 33.8 Å². The number of phenols is 1. The Kier molecular flexibility index (Phi) is 6.77. The highest BCUT2D eigenvalue weighted by Crippen LogP contribution is 2.40. The Labute approximate surface area is 211 Å². The summed E-state index contributed by atoms with van der Waals surface area (Å²) in [5, 5.41) is 24.8. The van der Waals surface area contributed by atoms with E-state index >= 15 is 0 Å². The van der Waals surface area contributed by atoms with Gasteiger partial charge in [-0.1, -0.05) is 31.5 Å². The molecular weight excluding hydrogens is 492 g/mol. The summed E-state index contributed by atoms with van der Waals surface area (Å²) in [5.74, 6) is -2.85. The van der Waals surface area contributed by atoms with E-state index in [0.29, 0.717) is 16.8 Å². The van der Waals surface area contributed by atoms with Crippen LogP contribution in [0.2, 0.25) is 5.02 Å². The summed E-state index contributed by atoms with van der Waals surface area (Å²) in [5.41, 5.74) is -2.02. The monoisotopic (exact) mass is 515 g/mol. The second-order valence-corrected chi connectivity index (χ2v) is 9.94. The molecule has 3 aromatic carbocycles. The number of anilines is 1. The van der Waals surface area contributed by atoms with Crippen LogP contribution < -0.4 is 5.32 Å². The third-order valence-electron chi connectivity index (χ3n) is 6.32. The van der Waals surface area contributed by atoms with Crippen molar-refractivity contribution in [3.8, 4) is 5.75 Å².